The number of aromatic amines is 1. The minimum atomic E-state index is -0.613. The number of carbonyl (C=O) groups excluding carboxylic acids is 3. The first-order valence-corrected chi connectivity index (χ1v) is 7.98. The van der Waals surface area contributed by atoms with E-state index in [0.29, 0.717) is 24.0 Å². The third-order valence-electron chi connectivity index (χ3n) is 4.29. The number of nitrogens with zero attached hydrogens (tertiary/aromatic N) is 1. The molecule has 3 rings (SSSR count). The highest BCUT2D eigenvalue weighted by Gasteiger charge is 2.26. The van der Waals surface area contributed by atoms with Crippen LogP contribution in [0.15, 0.2) is 24.3 Å². The van der Waals surface area contributed by atoms with Crippen LogP contribution in [0.3, 0.4) is 0 Å². The van der Waals surface area contributed by atoms with Gasteiger partial charge in [-0.25, -0.2) is 0 Å². The summed E-state index contributed by atoms with van der Waals surface area (Å²) in [5, 5.41) is 10.6. The summed E-state index contributed by atoms with van der Waals surface area (Å²) in [7, 11) is 0. The van der Waals surface area contributed by atoms with Gasteiger partial charge in [-0.2, -0.15) is 0 Å². The van der Waals surface area contributed by atoms with Crippen molar-refractivity contribution in [3.63, 3.8) is 0 Å². The summed E-state index contributed by atoms with van der Waals surface area (Å²) in [4.78, 5) is 49.3. The topological polar surface area (TPSA) is 134 Å². The molecule has 2 amide bonds. The van der Waals surface area contributed by atoms with Crippen LogP contribution in [0.1, 0.15) is 55.3 Å². The van der Waals surface area contributed by atoms with Crippen molar-refractivity contribution in [1.29, 1.82) is 0 Å². The Bertz CT molecular complexity index is 914. The third kappa shape index (κ3) is 3.18. The molecule has 0 unspecified atom stereocenters. The van der Waals surface area contributed by atoms with Crippen molar-refractivity contribution in [2.24, 2.45) is 0 Å². The van der Waals surface area contributed by atoms with E-state index in [1.54, 1.807) is 6.92 Å². The number of carbonyl (C=O) groups is 3. The number of aryl methyl sites for hydroxylation is 1. The van der Waals surface area contributed by atoms with Crippen molar-refractivity contribution in [1.82, 2.24) is 15.8 Å². The van der Waals surface area contributed by atoms with E-state index in [1.807, 2.05) is 0 Å². The lowest BCUT2D eigenvalue weighted by Gasteiger charge is -2.09. The summed E-state index contributed by atoms with van der Waals surface area (Å²) in [5.74, 6) is -1.17. The lowest BCUT2D eigenvalue weighted by atomic mass is 9.94. The fraction of sp³-hybridized carbons (Fsp3) is 0.235. The van der Waals surface area contributed by atoms with Gasteiger partial charge in [0, 0.05) is 35.4 Å². The predicted octanol–water partition coefficient (Wildman–Crippen LogP) is 1.83. The molecule has 1 aromatic heterocycles. The first-order valence-electron chi connectivity index (χ1n) is 7.98. The van der Waals surface area contributed by atoms with E-state index in [1.165, 1.54) is 24.3 Å². The zero-order valence-corrected chi connectivity index (χ0v) is 13.9. The van der Waals surface area contributed by atoms with E-state index in [-0.39, 0.29) is 22.7 Å². The van der Waals surface area contributed by atoms with Gasteiger partial charge < -0.3 is 4.98 Å². The SMILES string of the molecule is Cc1c(C(=O)NNC(=O)c2ccc([N+](=O)[O-])cc2)[nH]c2c1C(=O)CCC2. The molecule has 1 aliphatic rings. The number of aromatic nitrogens is 1. The number of hydrazine groups is 1. The molecule has 134 valence electrons. The van der Waals surface area contributed by atoms with Crippen LogP contribution in [0.2, 0.25) is 0 Å². The van der Waals surface area contributed by atoms with Crippen molar-refractivity contribution in [3.05, 3.63) is 62.5 Å². The minimum Gasteiger partial charge on any atom is -0.354 e. The van der Waals surface area contributed by atoms with E-state index in [0.717, 1.165) is 12.1 Å². The van der Waals surface area contributed by atoms with Crippen molar-refractivity contribution < 1.29 is 19.3 Å². The molecule has 1 aliphatic carbocycles. The van der Waals surface area contributed by atoms with E-state index >= 15 is 0 Å². The molecular formula is C17H16N4O5. The lowest BCUT2D eigenvalue weighted by Crippen LogP contribution is -2.42. The molecule has 0 spiro atoms. The molecule has 0 bridgehead atoms. The molecule has 3 N–H and O–H groups in total. The average Bonchev–Trinajstić information content (AvgIpc) is 2.97. The van der Waals surface area contributed by atoms with Gasteiger partial charge in [0.1, 0.15) is 5.69 Å². The number of benzene rings is 1. The number of nitrogens with one attached hydrogen (secondary N) is 3. The molecule has 9 heteroatoms. The van der Waals surface area contributed by atoms with Gasteiger partial charge in [-0.15, -0.1) is 0 Å². The van der Waals surface area contributed by atoms with Crippen LogP contribution in [0.4, 0.5) is 5.69 Å². The summed E-state index contributed by atoms with van der Waals surface area (Å²) in [6.07, 6.45) is 1.90. The number of fused-ring (bicyclic) bond motifs is 1. The second-order valence-corrected chi connectivity index (χ2v) is 5.97. The smallest absolute Gasteiger partial charge is 0.286 e. The molecule has 0 radical (unpaired) electrons. The Kier molecular flexibility index (Phi) is 4.53. The van der Waals surface area contributed by atoms with Crippen LogP contribution in [0, 0.1) is 17.0 Å². The van der Waals surface area contributed by atoms with E-state index < -0.39 is 16.7 Å². The van der Waals surface area contributed by atoms with Gasteiger partial charge in [0.05, 0.1) is 4.92 Å². The molecule has 26 heavy (non-hydrogen) atoms. The van der Waals surface area contributed by atoms with Gasteiger partial charge in [0.15, 0.2) is 5.78 Å². The van der Waals surface area contributed by atoms with Gasteiger partial charge in [0.2, 0.25) is 0 Å². The summed E-state index contributed by atoms with van der Waals surface area (Å²) >= 11 is 0. The molecule has 0 aliphatic heterocycles. The maximum Gasteiger partial charge on any atom is 0.286 e. The zero-order chi connectivity index (χ0) is 18.8. The second kappa shape index (κ2) is 6.79. The van der Waals surface area contributed by atoms with Crippen LogP contribution >= 0.6 is 0 Å². The maximum atomic E-state index is 12.3. The van der Waals surface area contributed by atoms with Gasteiger partial charge in [-0.1, -0.05) is 0 Å². The number of rotatable bonds is 3. The average molecular weight is 356 g/mol. The number of Topliss-reactive ketones (excluding diaryl/α,β-unsaturated/α-hetero) is 1. The van der Waals surface area contributed by atoms with Crippen LogP contribution in [-0.4, -0.2) is 27.5 Å². The molecule has 0 saturated heterocycles. The first kappa shape index (κ1) is 17.3. The van der Waals surface area contributed by atoms with Crippen molar-refractivity contribution in [3.8, 4) is 0 Å². The van der Waals surface area contributed by atoms with Crippen LogP contribution in [-0.2, 0) is 6.42 Å². The van der Waals surface area contributed by atoms with E-state index in [2.05, 4.69) is 15.8 Å². The molecule has 2 aromatic rings. The van der Waals surface area contributed by atoms with Crippen molar-refractivity contribution in [2.45, 2.75) is 26.2 Å². The number of non-ortho nitro benzene ring substituents is 1. The Morgan fingerprint density at radius 1 is 1.12 bits per heavy atom. The summed E-state index contributed by atoms with van der Waals surface area (Å²) in [6.45, 7) is 1.69. The Balaban J connectivity index is 1.68. The molecule has 0 saturated carbocycles. The number of nitro groups is 1. The van der Waals surface area contributed by atoms with E-state index in [9.17, 15) is 24.5 Å². The number of hydrogen-bond acceptors (Lipinski definition) is 5. The summed E-state index contributed by atoms with van der Waals surface area (Å²) in [5.41, 5.74) is 6.65. The highest BCUT2D eigenvalue weighted by atomic mass is 16.6. The summed E-state index contributed by atoms with van der Waals surface area (Å²) < 4.78 is 0. The quantitative estimate of drug-likeness (QED) is 0.570. The molecule has 0 fully saturated rings. The molecule has 1 heterocycles. The number of ketones is 1. The van der Waals surface area contributed by atoms with Gasteiger partial charge in [-0.3, -0.25) is 35.3 Å². The van der Waals surface area contributed by atoms with Gasteiger partial charge >= 0.3 is 0 Å². The molecule has 0 atom stereocenters. The second-order valence-electron chi connectivity index (χ2n) is 5.97. The molecule has 1 aromatic carbocycles. The third-order valence-corrected chi connectivity index (χ3v) is 4.29. The lowest BCUT2D eigenvalue weighted by molar-refractivity contribution is -0.384. The number of hydrogen-bond donors (Lipinski definition) is 3. The number of nitro benzene ring substituents is 1. The van der Waals surface area contributed by atoms with Crippen molar-refractivity contribution in [2.75, 3.05) is 0 Å². The largest absolute Gasteiger partial charge is 0.354 e. The highest BCUT2D eigenvalue weighted by molar-refractivity contribution is 6.05. The van der Waals surface area contributed by atoms with Crippen LogP contribution in [0.25, 0.3) is 0 Å². The minimum absolute atomic E-state index is 0.00830. The highest BCUT2D eigenvalue weighted by Crippen LogP contribution is 2.26. The first-order chi connectivity index (χ1) is 12.4. The van der Waals surface area contributed by atoms with E-state index in [4.69, 9.17) is 0 Å². The van der Waals surface area contributed by atoms with Gasteiger partial charge in [0.25, 0.3) is 17.5 Å². The fourth-order valence-electron chi connectivity index (χ4n) is 2.98. The van der Waals surface area contributed by atoms with Crippen LogP contribution in [0.5, 0.6) is 0 Å². The van der Waals surface area contributed by atoms with Crippen molar-refractivity contribution >= 4 is 23.3 Å². The standard InChI is InChI=1S/C17H16N4O5/c1-9-14-12(3-2-4-13(14)22)18-15(9)17(24)20-19-16(23)10-5-7-11(8-6-10)21(25)26/h5-8,18H,2-4H2,1H3,(H,19,23)(H,20,24). The molecular weight excluding hydrogens is 340 g/mol. The Morgan fingerprint density at radius 2 is 1.77 bits per heavy atom. The maximum absolute atomic E-state index is 12.3. The Hall–Kier alpha value is -3.49. The zero-order valence-electron chi connectivity index (χ0n) is 13.9. The fourth-order valence-corrected chi connectivity index (χ4v) is 2.98. The summed E-state index contributed by atoms with van der Waals surface area (Å²) in [6, 6.07) is 4.98. The normalized spacial score (nSPS) is 13.0. The number of amides is 2. The predicted molar refractivity (Wildman–Crippen MR) is 90.8 cm³/mol. The Morgan fingerprint density at radius 3 is 2.38 bits per heavy atom. The molecule has 9 nitrogen and oxygen atoms in total. The monoisotopic (exact) mass is 356 g/mol. The number of H-pyrrole nitrogens is 1. The van der Waals surface area contributed by atoms with Crippen LogP contribution < -0.4 is 10.9 Å². The Labute approximate surface area is 147 Å². The van der Waals surface area contributed by atoms with Gasteiger partial charge in [-0.05, 0) is 37.5 Å².